The molecule has 0 aliphatic rings. The normalized spacial score (nSPS) is 10.8. The van der Waals surface area contributed by atoms with E-state index in [0.717, 1.165) is 16.7 Å². The number of nitrogens with one attached hydrogen (secondary N) is 3. The summed E-state index contributed by atoms with van der Waals surface area (Å²) in [5.41, 5.74) is 4.24. The topological polar surface area (TPSA) is 90.5 Å². The van der Waals surface area contributed by atoms with Crippen LogP contribution in [0.15, 0.2) is 72.8 Å². The monoisotopic (exact) mass is 602 g/mol. The quantitative estimate of drug-likeness (QED) is 0.218. The first-order chi connectivity index (χ1) is 19.4. The molecule has 0 atom stereocenters. The van der Waals surface area contributed by atoms with Crippen LogP contribution in [0.2, 0.25) is 0 Å². The van der Waals surface area contributed by atoms with Crippen molar-refractivity contribution in [1.82, 2.24) is 20.9 Å². The Morgan fingerprint density at radius 1 is 0.525 bits per heavy atom. The molecule has 3 amide bonds. The van der Waals surface area contributed by atoms with E-state index in [9.17, 15) is 14.4 Å². The summed E-state index contributed by atoms with van der Waals surface area (Å²) in [6, 6.07) is 21.5. The van der Waals surface area contributed by atoms with Gasteiger partial charge in [0.1, 0.15) is 0 Å². The van der Waals surface area contributed by atoms with Gasteiger partial charge in [0.2, 0.25) is 0 Å². The van der Waals surface area contributed by atoms with Crippen molar-refractivity contribution in [2.24, 2.45) is 0 Å². The van der Waals surface area contributed by atoms with Crippen LogP contribution in [-0.2, 0) is 17.6 Å². The van der Waals surface area contributed by atoms with E-state index in [1.54, 1.807) is 54.6 Å². The molecule has 0 aromatic heterocycles. The predicted octanol–water partition coefficient (Wildman–Crippen LogP) is 4.79. The van der Waals surface area contributed by atoms with Gasteiger partial charge in [0.15, 0.2) is 0 Å². The summed E-state index contributed by atoms with van der Waals surface area (Å²) < 4.78 is 0. The Labute approximate surface area is 250 Å². The number of nitrogens with zero attached hydrogens (tertiary/aromatic N) is 1. The third-order valence-electron chi connectivity index (χ3n) is 6.17. The minimum Gasteiger partial charge on any atom is -0.351 e. The maximum atomic E-state index is 12.6. The van der Waals surface area contributed by atoms with Crippen LogP contribution in [0.3, 0.4) is 0 Å². The lowest BCUT2D eigenvalue weighted by molar-refractivity contribution is 0.0948. The predicted molar refractivity (Wildman–Crippen MR) is 161 cm³/mol. The first kappa shape index (κ1) is 31.4. The highest BCUT2D eigenvalue weighted by Crippen LogP contribution is 2.10. The van der Waals surface area contributed by atoms with Crippen molar-refractivity contribution in [3.05, 3.63) is 106 Å². The van der Waals surface area contributed by atoms with Crippen LogP contribution in [-0.4, -0.2) is 61.9 Å². The van der Waals surface area contributed by atoms with Crippen molar-refractivity contribution in [2.75, 3.05) is 39.3 Å². The number of carbonyl (C=O) groups excluding carboxylic acids is 3. The smallest absolute Gasteiger partial charge is 0.251 e. The maximum absolute atomic E-state index is 12.6. The van der Waals surface area contributed by atoms with Gasteiger partial charge < -0.3 is 16.0 Å². The first-order valence-corrected chi connectivity index (χ1v) is 14.6. The van der Waals surface area contributed by atoms with Gasteiger partial charge in [0.25, 0.3) is 17.7 Å². The Kier molecular flexibility index (Phi) is 13.3. The van der Waals surface area contributed by atoms with Crippen LogP contribution in [0.1, 0.15) is 47.8 Å². The van der Waals surface area contributed by atoms with E-state index in [1.165, 1.54) is 0 Å². The van der Waals surface area contributed by atoms with Gasteiger partial charge in [-0.25, -0.2) is 0 Å². The van der Waals surface area contributed by atoms with Gasteiger partial charge in [-0.05, 0) is 53.1 Å². The third kappa shape index (κ3) is 10.1. The van der Waals surface area contributed by atoms with Gasteiger partial charge in [-0.3, -0.25) is 19.3 Å². The van der Waals surface area contributed by atoms with Crippen molar-refractivity contribution < 1.29 is 14.4 Å². The zero-order chi connectivity index (χ0) is 28.7. The minimum absolute atomic E-state index is 0.188. The molecule has 0 radical (unpaired) electrons. The van der Waals surface area contributed by atoms with E-state index in [2.05, 4.69) is 20.9 Å². The van der Waals surface area contributed by atoms with E-state index >= 15 is 0 Å². The summed E-state index contributed by atoms with van der Waals surface area (Å²) in [5.74, 6) is 0.432. The van der Waals surface area contributed by atoms with Gasteiger partial charge in [0, 0.05) is 73.6 Å². The summed E-state index contributed by atoms with van der Waals surface area (Å²) in [5, 5.41) is 8.80. The van der Waals surface area contributed by atoms with Crippen LogP contribution in [0.4, 0.5) is 0 Å². The molecule has 3 rings (SSSR count). The number of alkyl halides is 3. The number of hydrogen-bond acceptors (Lipinski definition) is 4. The molecular formula is C30H33Cl3N4O3. The fourth-order valence-corrected chi connectivity index (χ4v) is 4.51. The summed E-state index contributed by atoms with van der Waals surface area (Å²) in [7, 11) is 0. The van der Waals surface area contributed by atoms with Gasteiger partial charge in [-0.15, -0.1) is 34.8 Å². The zero-order valence-corrected chi connectivity index (χ0v) is 24.4. The average Bonchev–Trinajstić information content (AvgIpc) is 3.00. The molecule has 0 spiro atoms. The molecule has 0 unspecified atom stereocenters. The Morgan fingerprint density at radius 3 is 1.10 bits per heavy atom. The molecule has 7 nitrogen and oxygen atoms in total. The highest BCUT2D eigenvalue weighted by Gasteiger charge is 2.12. The summed E-state index contributed by atoms with van der Waals surface area (Å²) >= 11 is 17.7. The number of hydrogen-bond donors (Lipinski definition) is 3. The van der Waals surface area contributed by atoms with Gasteiger partial charge in [-0.1, -0.05) is 36.4 Å². The van der Waals surface area contributed by atoms with Crippen LogP contribution < -0.4 is 16.0 Å². The van der Waals surface area contributed by atoms with E-state index in [-0.39, 0.29) is 17.7 Å². The summed E-state index contributed by atoms with van der Waals surface area (Å²) in [6.45, 7) is 2.74. The Morgan fingerprint density at radius 2 is 0.825 bits per heavy atom. The second kappa shape index (κ2) is 16.9. The highest BCUT2D eigenvalue weighted by molar-refractivity contribution is 6.17. The Balaban J connectivity index is 1.54. The lowest BCUT2D eigenvalue weighted by Crippen LogP contribution is -2.43. The van der Waals surface area contributed by atoms with E-state index < -0.39 is 0 Å². The van der Waals surface area contributed by atoms with Crippen molar-refractivity contribution >= 4 is 52.5 Å². The molecular weight excluding hydrogens is 571 g/mol. The fourth-order valence-electron chi connectivity index (χ4n) is 4.01. The highest BCUT2D eigenvalue weighted by atomic mass is 35.5. The average molecular weight is 604 g/mol. The van der Waals surface area contributed by atoms with Crippen LogP contribution in [0.25, 0.3) is 0 Å². The van der Waals surface area contributed by atoms with Gasteiger partial charge >= 0.3 is 0 Å². The van der Waals surface area contributed by atoms with Crippen LogP contribution in [0.5, 0.6) is 0 Å². The largest absolute Gasteiger partial charge is 0.351 e. The molecule has 0 saturated heterocycles. The summed E-state index contributed by atoms with van der Waals surface area (Å²) in [6.07, 6.45) is 0. The molecule has 0 aliphatic carbocycles. The Bertz CT molecular complexity index is 1130. The summed E-state index contributed by atoms with van der Waals surface area (Å²) in [4.78, 5) is 39.9. The second-order valence-corrected chi connectivity index (χ2v) is 9.91. The molecule has 3 N–H and O–H groups in total. The van der Waals surface area contributed by atoms with E-state index in [1.807, 2.05) is 18.2 Å². The van der Waals surface area contributed by atoms with E-state index in [4.69, 9.17) is 34.8 Å². The molecule has 0 aliphatic heterocycles. The van der Waals surface area contributed by atoms with Crippen molar-refractivity contribution in [3.63, 3.8) is 0 Å². The fraction of sp³-hybridized carbons (Fsp3) is 0.300. The number of rotatable bonds is 15. The minimum atomic E-state index is -0.188. The van der Waals surface area contributed by atoms with Crippen molar-refractivity contribution in [1.29, 1.82) is 0 Å². The maximum Gasteiger partial charge on any atom is 0.251 e. The standard InChI is InChI=1S/C30H33Cl3N4O3/c31-19-22-4-1-7-25(16-22)28(38)34-10-13-37(14-11-35-29(39)26-8-2-5-23(17-26)20-32)15-12-36-30(40)27-9-3-6-24(18-27)21-33/h1-9,16-18H,10-15,19-21H2,(H,34,38)(H,35,39)(H,36,40). The third-order valence-corrected chi connectivity index (χ3v) is 7.10. The van der Waals surface area contributed by atoms with Crippen molar-refractivity contribution in [3.8, 4) is 0 Å². The van der Waals surface area contributed by atoms with E-state index in [0.29, 0.717) is 73.6 Å². The van der Waals surface area contributed by atoms with Crippen molar-refractivity contribution in [2.45, 2.75) is 17.6 Å². The molecule has 0 fully saturated rings. The molecule has 0 heterocycles. The molecule has 40 heavy (non-hydrogen) atoms. The lowest BCUT2D eigenvalue weighted by atomic mass is 10.1. The number of amides is 3. The molecule has 0 bridgehead atoms. The number of benzene rings is 3. The molecule has 3 aromatic rings. The number of carbonyl (C=O) groups is 3. The Hall–Kier alpha value is -3.10. The lowest BCUT2D eigenvalue weighted by Gasteiger charge is -2.23. The van der Waals surface area contributed by atoms with Gasteiger partial charge in [-0.2, -0.15) is 0 Å². The molecule has 0 saturated carbocycles. The molecule has 212 valence electrons. The number of halogens is 3. The van der Waals surface area contributed by atoms with Crippen LogP contribution >= 0.6 is 34.8 Å². The van der Waals surface area contributed by atoms with Crippen LogP contribution in [0, 0.1) is 0 Å². The SMILES string of the molecule is O=C(NCCN(CCNC(=O)c1cccc(CCl)c1)CCNC(=O)c1cccc(CCl)c1)c1cccc(CCl)c1. The first-order valence-electron chi connectivity index (χ1n) is 12.9. The second-order valence-electron chi connectivity index (χ2n) is 9.11. The molecule has 3 aromatic carbocycles. The zero-order valence-electron chi connectivity index (χ0n) is 22.1. The van der Waals surface area contributed by atoms with Gasteiger partial charge in [0.05, 0.1) is 0 Å². The molecule has 10 heteroatoms.